The Labute approximate surface area is 172 Å². The predicted molar refractivity (Wildman–Crippen MR) is 120 cm³/mol. The van der Waals surface area contributed by atoms with Crippen LogP contribution in [0, 0.1) is 0 Å². The van der Waals surface area contributed by atoms with E-state index in [2.05, 4.69) is 72.8 Å². The Morgan fingerprint density at radius 1 is 0.517 bits per heavy atom. The van der Waals surface area contributed by atoms with Crippen LogP contribution >= 0.6 is 0 Å². The summed E-state index contributed by atoms with van der Waals surface area (Å²) in [7, 11) is 0. The van der Waals surface area contributed by atoms with Crippen LogP contribution in [0.3, 0.4) is 0 Å². The third-order valence-electron chi connectivity index (χ3n) is 6.72. The van der Waals surface area contributed by atoms with E-state index < -0.39 is 5.41 Å². The van der Waals surface area contributed by atoms with Gasteiger partial charge in [-0.3, -0.25) is 0 Å². The van der Waals surface area contributed by atoms with Gasteiger partial charge < -0.3 is 0 Å². The van der Waals surface area contributed by atoms with Gasteiger partial charge in [0, 0.05) is 0 Å². The highest BCUT2D eigenvalue weighted by Gasteiger charge is 2.52. The van der Waals surface area contributed by atoms with Crippen molar-refractivity contribution < 1.29 is 2.74 Å². The minimum Gasteiger partial charge on any atom is -0.0619 e. The van der Waals surface area contributed by atoms with Crippen LogP contribution in [0.5, 0.6) is 0 Å². The van der Waals surface area contributed by atoms with Crippen LogP contribution < -0.4 is 0 Å². The number of fused-ring (bicyclic) bond motifs is 12. The molecule has 0 heteroatoms. The van der Waals surface area contributed by atoms with Gasteiger partial charge in [0.1, 0.15) is 0 Å². The van der Waals surface area contributed by atoms with E-state index in [1.54, 1.807) is 0 Å². The van der Waals surface area contributed by atoms with Gasteiger partial charge in [0.15, 0.2) is 0 Å². The summed E-state index contributed by atoms with van der Waals surface area (Å²) < 4.78 is 17.3. The van der Waals surface area contributed by atoms with E-state index in [9.17, 15) is 0 Å². The van der Waals surface area contributed by atoms with Crippen molar-refractivity contribution in [2.75, 3.05) is 0 Å². The molecule has 0 fully saturated rings. The number of benzene rings is 5. The normalized spacial score (nSPS) is 18.8. The number of hydrogen-bond donors (Lipinski definition) is 0. The summed E-state index contributed by atoms with van der Waals surface area (Å²) in [5.74, 6) is 0. The fraction of sp³-hybridized carbons (Fsp3) is 0.0345. The molecule has 1 unspecified atom stereocenters. The third kappa shape index (κ3) is 1.67. The Kier molecular flexibility index (Phi) is 2.44. The quantitative estimate of drug-likeness (QED) is 0.265. The van der Waals surface area contributed by atoms with Crippen molar-refractivity contribution in [2.24, 2.45) is 0 Å². The van der Waals surface area contributed by atoms with Crippen LogP contribution in [0.25, 0.3) is 33.0 Å². The Balaban J connectivity index is 1.79. The van der Waals surface area contributed by atoms with Gasteiger partial charge in [-0.2, -0.15) is 0 Å². The maximum Gasteiger partial charge on any atom is 0.0731 e. The minimum absolute atomic E-state index is 0.470. The first-order chi connectivity index (χ1) is 15.2. The van der Waals surface area contributed by atoms with Crippen molar-refractivity contribution in [3.8, 4) is 22.3 Å². The molecule has 7 rings (SSSR count). The molecule has 0 bridgehead atoms. The van der Waals surface area contributed by atoms with Gasteiger partial charge in [-0.1, -0.05) is 109 Å². The Bertz CT molecular complexity index is 1560. The molecule has 1 atom stereocenters. The zero-order valence-corrected chi connectivity index (χ0v) is 15.7. The molecule has 0 aromatic heterocycles. The standard InChI is InChI=1S/C29H18/c1-2-10-20-19(9-1)17-18-24-23-13-5-8-16-27(23)29(28(20)24)25-14-6-3-11-21(25)22-12-4-7-15-26(22)29/h1-18H/i3T,18T. The summed E-state index contributed by atoms with van der Waals surface area (Å²) in [6.07, 6.45) is 0. The summed E-state index contributed by atoms with van der Waals surface area (Å²) in [5.41, 5.74) is 8.93. The second kappa shape index (κ2) is 5.24. The van der Waals surface area contributed by atoms with Crippen LogP contribution in [0.15, 0.2) is 109 Å². The molecule has 0 saturated heterocycles. The van der Waals surface area contributed by atoms with Crippen molar-refractivity contribution in [2.45, 2.75) is 5.41 Å². The van der Waals surface area contributed by atoms with E-state index in [4.69, 9.17) is 2.74 Å². The Hall–Kier alpha value is -3.64. The Morgan fingerprint density at radius 3 is 1.90 bits per heavy atom. The molecule has 0 amide bonds. The Morgan fingerprint density at radius 2 is 1.10 bits per heavy atom. The molecule has 0 heterocycles. The minimum atomic E-state index is -0.470. The van der Waals surface area contributed by atoms with Crippen molar-refractivity contribution in [3.05, 3.63) is 131 Å². The molecule has 2 aliphatic rings. The van der Waals surface area contributed by atoms with Gasteiger partial charge in [-0.05, 0) is 55.3 Å². The molecule has 0 radical (unpaired) electrons. The molecule has 2 aliphatic carbocycles. The molecule has 0 aliphatic heterocycles. The number of hydrogen-bond acceptors (Lipinski definition) is 0. The first-order valence-corrected chi connectivity index (χ1v) is 10.0. The topological polar surface area (TPSA) is 0 Å². The smallest absolute Gasteiger partial charge is 0.0619 e. The molecule has 29 heavy (non-hydrogen) atoms. The highest BCUT2D eigenvalue weighted by Crippen LogP contribution is 2.63. The summed E-state index contributed by atoms with van der Waals surface area (Å²) in [4.78, 5) is 0. The number of rotatable bonds is 0. The van der Waals surface area contributed by atoms with E-state index in [0.717, 1.165) is 22.1 Å². The van der Waals surface area contributed by atoms with Crippen molar-refractivity contribution in [1.82, 2.24) is 0 Å². The van der Waals surface area contributed by atoms with Crippen molar-refractivity contribution in [1.29, 1.82) is 0 Å². The van der Waals surface area contributed by atoms with Crippen LogP contribution in [0.1, 0.15) is 25.0 Å². The third-order valence-corrected chi connectivity index (χ3v) is 6.72. The zero-order chi connectivity index (χ0) is 20.7. The lowest BCUT2D eigenvalue weighted by molar-refractivity contribution is 0.801. The summed E-state index contributed by atoms with van der Waals surface area (Å²) in [6, 6.07) is 34.7. The maximum absolute atomic E-state index is 8.98. The maximum atomic E-state index is 8.98. The predicted octanol–water partition coefficient (Wildman–Crippen LogP) is 7.18. The molecule has 0 N–H and O–H groups in total. The van der Waals surface area contributed by atoms with Crippen LogP contribution in [-0.4, -0.2) is 0 Å². The van der Waals surface area contributed by atoms with Gasteiger partial charge in [0.2, 0.25) is 0 Å². The van der Waals surface area contributed by atoms with Crippen LogP contribution in [-0.2, 0) is 5.41 Å². The summed E-state index contributed by atoms with van der Waals surface area (Å²) in [5, 5.41) is 2.30. The molecule has 1 spiro atoms. The highest BCUT2D eigenvalue weighted by molar-refractivity contribution is 6.03. The first-order valence-electron chi connectivity index (χ1n) is 11.0. The van der Waals surface area contributed by atoms with Crippen molar-refractivity contribution in [3.63, 3.8) is 0 Å². The second-order valence-electron chi connectivity index (χ2n) is 7.94. The lowest BCUT2D eigenvalue weighted by Crippen LogP contribution is -2.26. The average Bonchev–Trinajstić information content (AvgIpc) is 3.27. The van der Waals surface area contributed by atoms with Crippen molar-refractivity contribution >= 4 is 10.8 Å². The van der Waals surface area contributed by atoms with Gasteiger partial charge in [-0.25, -0.2) is 0 Å². The molecule has 0 nitrogen and oxygen atoms in total. The summed E-state index contributed by atoms with van der Waals surface area (Å²) in [6.45, 7) is 0. The fourth-order valence-electron chi connectivity index (χ4n) is 5.70. The fourth-order valence-corrected chi connectivity index (χ4v) is 5.70. The van der Waals surface area contributed by atoms with E-state index in [-0.39, 0.29) is 0 Å². The van der Waals surface area contributed by atoms with Gasteiger partial charge in [-0.15, -0.1) is 0 Å². The molecular weight excluding hydrogens is 348 g/mol. The first kappa shape index (κ1) is 13.5. The molecular formula is C29H18. The van der Waals surface area contributed by atoms with E-state index in [0.29, 0.717) is 12.1 Å². The van der Waals surface area contributed by atoms with Gasteiger partial charge >= 0.3 is 0 Å². The van der Waals surface area contributed by atoms with E-state index >= 15 is 0 Å². The summed E-state index contributed by atoms with van der Waals surface area (Å²) >= 11 is 0. The largest absolute Gasteiger partial charge is 0.0731 e. The van der Waals surface area contributed by atoms with Crippen LogP contribution in [0.4, 0.5) is 0 Å². The zero-order valence-electron chi connectivity index (χ0n) is 17.7. The van der Waals surface area contributed by atoms with Gasteiger partial charge in [0.25, 0.3) is 0 Å². The van der Waals surface area contributed by atoms with E-state index in [1.807, 2.05) is 24.3 Å². The lowest BCUT2D eigenvalue weighted by Gasteiger charge is -2.31. The monoisotopic (exact) mass is 370 g/mol. The molecule has 0 saturated carbocycles. The van der Waals surface area contributed by atoms with Crippen LogP contribution in [0.2, 0.25) is 0 Å². The average molecular weight is 370 g/mol. The lowest BCUT2D eigenvalue weighted by atomic mass is 9.69. The molecule has 5 aromatic carbocycles. The highest BCUT2D eigenvalue weighted by atomic mass is 14.5. The second-order valence-corrected chi connectivity index (χ2v) is 7.94. The SMILES string of the molecule is [3H]c1ccc2c(c1)-c1ccccc1C21c2ccccc2-c2c([3H])cc3ccccc3c21. The van der Waals surface area contributed by atoms with Gasteiger partial charge in [0.05, 0.1) is 8.16 Å². The molecule has 5 aromatic rings. The van der Waals surface area contributed by atoms with E-state index in [1.165, 1.54) is 33.2 Å². The molecule has 134 valence electrons.